The number of carbonyl (C=O) groups excluding carboxylic acids is 1. The first-order valence-corrected chi connectivity index (χ1v) is 4.46. The summed E-state index contributed by atoms with van der Waals surface area (Å²) in [6.45, 7) is 1.68. The number of anilines is 1. The normalized spacial score (nSPS) is 12.1. The smallest absolute Gasteiger partial charge is 0.308 e. The quantitative estimate of drug-likeness (QED) is 0.669. The van der Waals surface area contributed by atoms with Crippen LogP contribution in [-0.4, -0.2) is 23.0 Å². The average Bonchev–Trinajstić information content (AvgIpc) is 2.20. The zero-order valence-corrected chi connectivity index (χ0v) is 8.61. The maximum atomic E-state index is 11.4. The first kappa shape index (κ1) is 11.2. The molecule has 1 heterocycles. The molecule has 0 radical (unpaired) electrons. The molecule has 0 aliphatic carbocycles. The predicted molar refractivity (Wildman–Crippen MR) is 54.2 cm³/mol. The van der Waals surface area contributed by atoms with Gasteiger partial charge in [0.1, 0.15) is 0 Å². The molecule has 0 amide bonds. The van der Waals surface area contributed by atoms with Crippen molar-refractivity contribution in [3.8, 4) is 0 Å². The highest BCUT2D eigenvalue weighted by Crippen LogP contribution is 2.05. The summed E-state index contributed by atoms with van der Waals surface area (Å²) in [5.41, 5.74) is 5.38. The maximum Gasteiger partial charge on any atom is 0.308 e. The third-order valence-corrected chi connectivity index (χ3v) is 2.02. The Hall–Kier alpha value is -1.85. The van der Waals surface area contributed by atoms with Crippen molar-refractivity contribution in [3.05, 3.63) is 22.1 Å². The lowest BCUT2D eigenvalue weighted by Crippen LogP contribution is -2.22. The molecule has 6 nitrogen and oxygen atoms in total. The number of carbonyl (C=O) groups is 1. The third kappa shape index (κ3) is 2.80. The van der Waals surface area contributed by atoms with Crippen molar-refractivity contribution in [1.82, 2.24) is 9.97 Å². The van der Waals surface area contributed by atoms with Crippen LogP contribution in [0, 0.1) is 5.92 Å². The summed E-state index contributed by atoms with van der Waals surface area (Å²) in [5.74, 6) is -0.665. The highest BCUT2D eigenvalue weighted by Gasteiger charge is 2.15. The second-order valence-electron chi connectivity index (χ2n) is 3.25. The molecule has 1 rings (SSSR count). The van der Waals surface area contributed by atoms with Crippen LogP contribution in [0.1, 0.15) is 12.5 Å². The molecule has 6 heteroatoms. The van der Waals surface area contributed by atoms with E-state index in [0.29, 0.717) is 5.56 Å². The van der Waals surface area contributed by atoms with Gasteiger partial charge in [-0.1, -0.05) is 6.92 Å². The van der Waals surface area contributed by atoms with Crippen molar-refractivity contribution >= 4 is 11.9 Å². The van der Waals surface area contributed by atoms with Crippen LogP contribution in [0.2, 0.25) is 0 Å². The Bertz CT molecular complexity index is 413. The SMILES string of the molecule is COC(=O)C(C)Cc1cnc(N)[nH]c1=O. The Morgan fingerprint density at radius 1 is 1.73 bits per heavy atom. The Morgan fingerprint density at radius 2 is 2.40 bits per heavy atom. The summed E-state index contributed by atoms with van der Waals surface area (Å²) in [4.78, 5) is 28.6. The molecular weight excluding hydrogens is 198 g/mol. The van der Waals surface area contributed by atoms with E-state index in [1.807, 2.05) is 0 Å². The number of nitrogen functional groups attached to an aromatic ring is 1. The van der Waals surface area contributed by atoms with E-state index in [1.54, 1.807) is 6.92 Å². The minimum atomic E-state index is -0.374. The monoisotopic (exact) mass is 211 g/mol. The first-order valence-electron chi connectivity index (χ1n) is 4.46. The van der Waals surface area contributed by atoms with Crippen LogP contribution in [0.4, 0.5) is 5.95 Å². The number of aromatic nitrogens is 2. The van der Waals surface area contributed by atoms with Gasteiger partial charge in [-0.05, 0) is 6.42 Å². The number of hydrogen-bond donors (Lipinski definition) is 2. The van der Waals surface area contributed by atoms with Crippen LogP contribution in [0.3, 0.4) is 0 Å². The summed E-state index contributed by atoms with van der Waals surface area (Å²) in [7, 11) is 1.31. The van der Waals surface area contributed by atoms with Gasteiger partial charge in [0.05, 0.1) is 13.0 Å². The summed E-state index contributed by atoms with van der Waals surface area (Å²) in [6, 6.07) is 0. The molecule has 0 aliphatic rings. The van der Waals surface area contributed by atoms with Crippen LogP contribution in [0.25, 0.3) is 0 Å². The zero-order chi connectivity index (χ0) is 11.4. The number of H-pyrrole nitrogens is 1. The number of aromatic amines is 1. The molecule has 0 fully saturated rings. The van der Waals surface area contributed by atoms with Crippen LogP contribution in [-0.2, 0) is 16.0 Å². The highest BCUT2D eigenvalue weighted by molar-refractivity contribution is 5.72. The highest BCUT2D eigenvalue weighted by atomic mass is 16.5. The fraction of sp³-hybridized carbons (Fsp3) is 0.444. The van der Waals surface area contributed by atoms with Gasteiger partial charge in [-0.15, -0.1) is 0 Å². The molecule has 0 saturated heterocycles. The molecule has 1 aromatic rings. The molecule has 0 spiro atoms. The molecule has 0 aromatic carbocycles. The number of nitrogens with zero attached hydrogens (tertiary/aromatic N) is 1. The summed E-state index contributed by atoms with van der Waals surface area (Å²) in [5, 5.41) is 0. The Labute approximate surface area is 86.5 Å². The minimum absolute atomic E-state index is 0.0643. The van der Waals surface area contributed by atoms with Crippen molar-refractivity contribution in [2.45, 2.75) is 13.3 Å². The number of hydrogen-bond acceptors (Lipinski definition) is 5. The van der Waals surface area contributed by atoms with E-state index in [-0.39, 0.29) is 29.8 Å². The summed E-state index contributed by atoms with van der Waals surface area (Å²) >= 11 is 0. The van der Waals surface area contributed by atoms with Gasteiger partial charge in [0.2, 0.25) is 0 Å². The summed E-state index contributed by atoms with van der Waals surface area (Å²) < 4.78 is 4.55. The number of nitrogens with two attached hydrogens (primary N) is 1. The van der Waals surface area contributed by atoms with Crippen LogP contribution in [0.5, 0.6) is 0 Å². The Balaban J connectivity index is 2.81. The second-order valence-corrected chi connectivity index (χ2v) is 3.25. The minimum Gasteiger partial charge on any atom is -0.469 e. The van der Waals surface area contributed by atoms with Crippen molar-refractivity contribution in [2.75, 3.05) is 12.8 Å². The Kier molecular flexibility index (Phi) is 3.43. The predicted octanol–water partition coefficient (Wildman–Crippen LogP) is -0.296. The van der Waals surface area contributed by atoms with Gasteiger partial charge < -0.3 is 10.5 Å². The largest absolute Gasteiger partial charge is 0.469 e. The van der Waals surface area contributed by atoms with Crippen molar-refractivity contribution < 1.29 is 9.53 Å². The first-order chi connectivity index (χ1) is 7.04. The van der Waals surface area contributed by atoms with E-state index < -0.39 is 0 Å². The lowest BCUT2D eigenvalue weighted by atomic mass is 10.0. The van der Waals surface area contributed by atoms with E-state index in [2.05, 4.69) is 14.7 Å². The third-order valence-electron chi connectivity index (χ3n) is 2.02. The molecule has 0 aliphatic heterocycles. The molecule has 1 atom stereocenters. The van der Waals surface area contributed by atoms with Crippen molar-refractivity contribution in [3.63, 3.8) is 0 Å². The van der Waals surface area contributed by atoms with Gasteiger partial charge in [-0.3, -0.25) is 14.6 Å². The molecule has 82 valence electrons. The van der Waals surface area contributed by atoms with Gasteiger partial charge >= 0.3 is 5.97 Å². The van der Waals surface area contributed by atoms with Gasteiger partial charge in [0.25, 0.3) is 5.56 Å². The van der Waals surface area contributed by atoms with Gasteiger partial charge in [0, 0.05) is 11.8 Å². The molecule has 1 unspecified atom stereocenters. The van der Waals surface area contributed by atoms with E-state index in [1.165, 1.54) is 13.3 Å². The van der Waals surface area contributed by atoms with E-state index in [0.717, 1.165) is 0 Å². The summed E-state index contributed by atoms with van der Waals surface area (Å²) in [6.07, 6.45) is 1.66. The van der Waals surface area contributed by atoms with E-state index in [4.69, 9.17) is 5.73 Å². The van der Waals surface area contributed by atoms with Crippen molar-refractivity contribution in [2.24, 2.45) is 5.92 Å². The fourth-order valence-corrected chi connectivity index (χ4v) is 1.19. The number of ether oxygens (including phenoxy) is 1. The topological polar surface area (TPSA) is 98.1 Å². The molecule has 0 saturated carbocycles. The van der Waals surface area contributed by atoms with E-state index in [9.17, 15) is 9.59 Å². The molecule has 3 N–H and O–H groups in total. The van der Waals surface area contributed by atoms with Crippen LogP contribution < -0.4 is 11.3 Å². The molecule has 0 bridgehead atoms. The number of methoxy groups -OCH3 is 1. The van der Waals surface area contributed by atoms with Crippen molar-refractivity contribution in [1.29, 1.82) is 0 Å². The fourth-order valence-electron chi connectivity index (χ4n) is 1.19. The zero-order valence-electron chi connectivity index (χ0n) is 8.61. The number of rotatable bonds is 3. The number of esters is 1. The molecular formula is C9H13N3O3. The molecule has 1 aromatic heterocycles. The number of nitrogens with one attached hydrogen (secondary N) is 1. The van der Waals surface area contributed by atoms with Crippen LogP contribution >= 0.6 is 0 Å². The standard InChI is InChI=1S/C9H13N3O3/c1-5(8(14)15-2)3-6-4-11-9(10)12-7(6)13/h4-5H,3H2,1-2H3,(H3,10,11,12,13). The van der Waals surface area contributed by atoms with Crippen LogP contribution in [0.15, 0.2) is 11.0 Å². The van der Waals surface area contributed by atoms with Gasteiger partial charge in [-0.2, -0.15) is 0 Å². The van der Waals surface area contributed by atoms with Gasteiger partial charge in [0.15, 0.2) is 5.95 Å². The second kappa shape index (κ2) is 4.59. The molecule has 15 heavy (non-hydrogen) atoms. The van der Waals surface area contributed by atoms with Gasteiger partial charge in [-0.25, -0.2) is 4.98 Å². The average molecular weight is 211 g/mol. The van der Waals surface area contributed by atoms with E-state index >= 15 is 0 Å². The lowest BCUT2D eigenvalue weighted by Gasteiger charge is -2.07. The lowest BCUT2D eigenvalue weighted by molar-refractivity contribution is -0.144. The Morgan fingerprint density at radius 3 is 2.93 bits per heavy atom. The maximum absolute atomic E-state index is 11.4.